The summed E-state index contributed by atoms with van der Waals surface area (Å²) in [5, 5.41) is 11.2. The third-order valence-electron chi connectivity index (χ3n) is 3.43. The Morgan fingerprint density at radius 3 is 2.62 bits per heavy atom. The zero-order valence-electron chi connectivity index (χ0n) is 12.8. The van der Waals surface area contributed by atoms with Crippen LogP contribution in [0.1, 0.15) is 16.3 Å². The van der Waals surface area contributed by atoms with Crippen molar-refractivity contribution < 1.29 is 4.79 Å². The maximum absolute atomic E-state index is 12.2. The molecule has 0 saturated heterocycles. The van der Waals surface area contributed by atoms with E-state index in [4.69, 9.17) is 0 Å². The van der Waals surface area contributed by atoms with E-state index in [0.717, 1.165) is 11.4 Å². The number of anilines is 1. The van der Waals surface area contributed by atoms with Gasteiger partial charge in [0.2, 0.25) is 5.82 Å². The molecule has 3 heterocycles. The van der Waals surface area contributed by atoms with Gasteiger partial charge in [0.05, 0.1) is 11.4 Å². The third-order valence-corrected chi connectivity index (χ3v) is 3.43. The molecular formula is C16H13N7O. The summed E-state index contributed by atoms with van der Waals surface area (Å²) < 4.78 is 3.23. The van der Waals surface area contributed by atoms with Gasteiger partial charge in [0.1, 0.15) is 0 Å². The van der Waals surface area contributed by atoms with Gasteiger partial charge in [-0.15, -0.1) is 5.10 Å². The van der Waals surface area contributed by atoms with Crippen LogP contribution in [0.2, 0.25) is 0 Å². The van der Waals surface area contributed by atoms with Gasteiger partial charge in [-0.2, -0.15) is 10.1 Å². The standard InChI is InChI=1S/C16H13N7O/c1-11-7-10-22(20-11)13-5-3-12(4-6-13)18-15(24)14-19-16-17-8-2-9-23(16)21-14/h2-10H,1H3,(H,18,24). The fourth-order valence-corrected chi connectivity index (χ4v) is 2.27. The summed E-state index contributed by atoms with van der Waals surface area (Å²) in [5.41, 5.74) is 2.51. The summed E-state index contributed by atoms with van der Waals surface area (Å²) in [4.78, 5) is 20.4. The molecule has 3 aromatic heterocycles. The van der Waals surface area contributed by atoms with Gasteiger partial charge >= 0.3 is 0 Å². The predicted octanol–water partition coefficient (Wildman–Crippen LogP) is 1.87. The Morgan fingerprint density at radius 1 is 1.08 bits per heavy atom. The lowest BCUT2D eigenvalue weighted by molar-refractivity contribution is 0.101. The topological polar surface area (TPSA) is 90.0 Å². The van der Waals surface area contributed by atoms with Crippen molar-refractivity contribution in [1.82, 2.24) is 29.4 Å². The number of hydrogen-bond acceptors (Lipinski definition) is 5. The van der Waals surface area contributed by atoms with E-state index >= 15 is 0 Å². The van der Waals surface area contributed by atoms with E-state index in [0.29, 0.717) is 11.5 Å². The highest BCUT2D eigenvalue weighted by molar-refractivity contribution is 6.01. The molecule has 0 bridgehead atoms. The molecule has 118 valence electrons. The number of amides is 1. The van der Waals surface area contributed by atoms with Gasteiger partial charge in [-0.25, -0.2) is 14.2 Å². The molecule has 0 spiro atoms. The molecule has 0 aliphatic heterocycles. The Morgan fingerprint density at radius 2 is 1.92 bits per heavy atom. The first-order chi connectivity index (χ1) is 11.7. The van der Waals surface area contributed by atoms with Crippen molar-refractivity contribution in [1.29, 1.82) is 0 Å². The lowest BCUT2D eigenvalue weighted by Crippen LogP contribution is -2.14. The van der Waals surface area contributed by atoms with Crippen molar-refractivity contribution in [3.8, 4) is 5.69 Å². The lowest BCUT2D eigenvalue weighted by Gasteiger charge is -2.05. The van der Waals surface area contributed by atoms with Crippen molar-refractivity contribution in [2.24, 2.45) is 0 Å². The van der Waals surface area contributed by atoms with Gasteiger partial charge in [-0.05, 0) is 43.3 Å². The molecule has 1 N–H and O–H groups in total. The SMILES string of the molecule is Cc1ccn(-c2ccc(NC(=O)c3nc4ncccn4n3)cc2)n1. The summed E-state index contributed by atoms with van der Waals surface area (Å²) in [6.45, 7) is 1.93. The molecule has 0 atom stereocenters. The lowest BCUT2D eigenvalue weighted by atomic mass is 10.3. The van der Waals surface area contributed by atoms with Gasteiger partial charge in [0.25, 0.3) is 11.7 Å². The van der Waals surface area contributed by atoms with Crippen molar-refractivity contribution in [3.63, 3.8) is 0 Å². The number of aryl methyl sites for hydroxylation is 1. The first-order valence-electron chi connectivity index (χ1n) is 7.30. The van der Waals surface area contributed by atoms with Crippen LogP contribution in [0.3, 0.4) is 0 Å². The van der Waals surface area contributed by atoms with Gasteiger partial charge in [-0.3, -0.25) is 4.79 Å². The average Bonchev–Trinajstić information content (AvgIpc) is 3.21. The fraction of sp³-hybridized carbons (Fsp3) is 0.0625. The van der Waals surface area contributed by atoms with Gasteiger partial charge < -0.3 is 5.32 Å². The molecule has 24 heavy (non-hydrogen) atoms. The number of carbonyl (C=O) groups excluding carboxylic acids is 1. The number of hydrogen-bond donors (Lipinski definition) is 1. The predicted molar refractivity (Wildman–Crippen MR) is 87.0 cm³/mol. The number of nitrogens with one attached hydrogen (secondary N) is 1. The summed E-state index contributed by atoms with van der Waals surface area (Å²) in [6.07, 6.45) is 5.17. The maximum atomic E-state index is 12.2. The molecule has 0 saturated carbocycles. The van der Waals surface area contributed by atoms with Crippen LogP contribution >= 0.6 is 0 Å². The molecule has 4 aromatic rings. The van der Waals surface area contributed by atoms with Crippen LogP contribution in [-0.2, 0) is 0 Å². The Hall–Kier alpha value is -3.55. The molecule has 1 amide bonds. The number of aromatic nitrogens is 6. The first-order valence-corrected chi connectivity index (χ1v) is 7.30. The van der Waals surface area contributed by atoms with Crippen LogP contribution in [-0.4, -0.2) is 35.3 Å². The molecule has 0 radical (unpaired) electrons. The highest BCUT2D eigenvalue weighted by atomic mass is 16.2. The van der Waals surface area contributed by atoms with E-state index in [9.17, 15) is 4.79 Å². The Kier molecular flexibility index (Phi) is 3.27. The minimum Gasteiger partial charge on any atom is -0.319 e. The third kappa shape index (κ3) is 2.60. The summed E-state index contributed by atoms with van der Waals surface area (Å²) >= 11 is 0. The van der Waals surface area contributed by atoms with Crippen LogP contribution in [0.15, 0.2) is 55.0 Å². The molecule has 0 aliphatic carbocycles. The van der Waals surface area contributed by atoms with Gasteiger partial charge in [-0.1, -0.05) is 0 Å². The van der Waals surface area contributed by atoms with E-state index in [-0.39, 0.29) is 11.7 Å². The second-order valence-electron chi connectivity index (χ2n) is 5.20. The summed E-state index contributed by atoms with van der Waals surface area (Å²) in [6, 6.07) is 11.0. The number of rotatable bonds is 3. The quantitative estimate of drug-likeness (QED) is 0.622. The van der Waals surface area contributed by atoms with Crippen LogP contribution in [0, 0.1) is 6.92 Å². The Bertz CT molecular complexity index is 983. The van der Waals surface area contributed by atoms with E-state index in [2.05, 4.69) is 25.5 Å². The monoisotopic (exact) mass is 319 g/mol. The number of carbonyl (C=O) groups is 1. The van der Waals surface area contributed by atoms with Crippen LogP contribution in [0.4, 0.5) is 5.69 Å². The fourth-order valence-electron chi connectivity index (χ4n) is 2.27. The van der Waals surface area contributed by atoms with E-state index in [1.165, 1.54) is 4.52 Å². The van der Waals surface area contributed by atoms with E-state index in [1.807, 2.05) is 31.3 Å². The number of fused-ring (bicyclic) bond motifs is 1. The molecule has 4 rings (SSSR count). The van der Waals surface area contributed by atoms with Crippen molar-refractivity contribution in [3.05, 3.63) is 66.5 Å². The Labute approximate surface area is 136 Å². The largest absolute Gasteiger partial charge is 0.319 e. The molecule has 0 unspecified atom stereocenters. The van der Waals surface area contributed by atoms with Crippen molar-refractivity contribution in [2.75, 3.05) is 5.32 Å². The summed E-state index contributed by atoms with van der Waals surface area (Å²) in [7, 11) is 0. The minimum atomic E-state index is -0.386. The smallest absolute Gasteiger partial charge is 0.295 e. The molecule has 8 heteroatoms. The molecular weight excluding hydrogens is 306 g/mol. The van der Waals surface area contributed by atoms with Crippen LogP contribution < -0.4 is 5.32 Å². The van der Waals surface area contributed by atoms with Crippen LogP contribution in [0.25, 0.3) is 11.5 Å². The molecule has 0 fully saturated rings. The highest BCUT2D eigenvalue weighted by Gasteiger charge is 2.13. The maximum Gasteiger partial charge on any atom is 0.295 e. The Balaban J connectivity index is 1.53. The average molecular weight is 319 g/mol. The molecule has 0 aliphatic rings. The van der Waals surface area contributed by atoms with Gasteiger partial charge in [0, 0.05) is 24.3 Å². The highest BCUT2D eigenvalue weighted by Crippen LogP contribution is 2.14. The zero-order chi connectivity index (χ0) is 16.5. The van der Waals surface area contributed by atoms with Gasteiger partial charge in [0.15, 0.2) is 0 Å². The second kappa shape index (κ2) is 5.58. The second-order valence-corrected chi connectivity index (χ2v) is 5.20. The first kappa shape index (κ1) is 14.1. The minimum absolute atomic E-state index is 0.0699. The normalized spacial score (nSPS) is 10.9. The molecule has 8 nitrogen and oxygen atoms in total. The summed E-state index contributed by atoms with van der Waals surface area (Å²) in [5.74, 6) is 0.0655. The number of nitrogens with zero attached hydrogens (tertiary/aromatic N) is 6. The van der Waals surface area contributed by atoms with Crippen molar-refractivity contribution in [2.45, 2.75) is 6.92 Å². The van der Waals surface area contributed by atoms with Crippen molar-refractivity contribution >= 4 is 17.4 Å². The van der Waals surface area contributed by atoms with E-state index < -0.39 is 0 Å². The zero-order valence-corrected chi connectivity index (χ0v) is 12.8. The molecule has 1 aromatic carbocycles. The van der Waals surface area contributed by atoms with E-state index in [1.54, 1.807) is 35.3 Å². The van der Waals surface area contributed by atoms with Crippen LogP contribution in [0.5, 0.6) is 0 Å². The number of benzene rings is 1.